The Morgan fingerprint density at radius 3 is 2.55 bits per heavy atom. The lowest BCUT2D eigenvalue weighted by molar-refractivity contribution is -0.139. The van der Waals surface area contributed by atoms with Gasteiger partial charge in [-0.05, 0) is 84.2 Å². The molecule has 0 saturated carbocycles. The van der Waals surface area contributed by atoms with E-state index < -0.39 is 18.0 Å². The molecule has 1 aliphatic rings. The lowest BCUT2D eigenvalue weighted by atomic mass is 9.96. The van der Waals surface area contributed by atoms with Crippen LogP contribution >= 0.6 is 27.3 Å². The van der Waals surface area contributed by atoms with Gasteiger partial charge in [0.25, 0.3) is 5.56 Å². The fourth-order valence-corrected chi connectivity index (χ4v) is 6.43. The smallest absolute Gasteiger partial charge is 0.338 e. The number of rotatable bonds is 7. The zero-order chi connectivity index (χ0) is 30.1. The number of hydrogen-bond donors (Lipinski definition) is 0. The van der Waals surface area contributed by atoms with E-state index >= 15 is 0 Å². The molecule has 4 aromatic rings. The van der Waals surface area contributed by atoms with Crippen molar-refractivity contribution in [2.45, 2.75) is 26.8 Å². The van der Waals surface area contributed by atoms with Crippen molar-refractivity contribution in [1.82, 2.24) is 4.57 Å². The highest BCUT2D eigenvalue weighted by molar-refractivity contribution is 9.10. The van der Waals surface area contributed by atoms with E-state index in [1.165, 1.54) is 23.0 Å². The number of nitrogens with zero attached hydrogens (tertiary/aromatic N) is 2. The van der Waals surface area contributed by atoms with E-state index in [-0.39, 0.29) is 12.2 Å². The fraction of sp³-hybridized carbons (Fsp3) is 0.226. The number of aromatic nitrogens is 1. The molecule has 0 unspecified atom stereocenters. The molecule has 42 heavy (non-hydrogen) atoms. The van der Waals surface area contributed by atoms with E-state index in [0.717, 1.165) is 11.1 Å². The van der Waals surface area contributed by atoms with Crippen LogP contribution in [0, 0.1) is 6.92 Å². The number of furan rings is 1. The largest absolute Gasteiger partial charge is 0.496 e. The minimum atomic E-state index is -0.757. The van der Waals surface area contributed by atoms with Gasteiger partial charge >= 0.3 is 11.9 Å². The number of carbonyl (C=O) groups is 2. The molecule has 2 aromatic carbocycles. The number of allylic oxidation sites excluding steroid dienone is 1. The number of hydrogen-bond acceptors (Lipinski definition) is 9. The van der Waals surface area contributed by atoms with Crippen LogP contribution in [-0.4, -0.2) is 37.3 Å². The minimum Gasteiger partial charge on any atom is -0.496 e. The monoisotopic (exact) mass is 650 g/mol. The summed E-state index contributed by atoms with van der Waals surface area (Å²) in [4.78, 5) is 44.0. The number of fused-ring (bicyclic) bond motifs is 1. The summed E-state index contributed by atoms with van der Waals surface area (Å²) in [5.41, 5.74) is 3.24. The number of halogens is 1. The van der Waals surface area contributed by atoms with Gasteiger partial charge in [0.15, 0.2) is 4.80 Å². The van der Waals surface area contributed by atoms with Gasteiger partial charge in [-0.2, -0.15) is 0 Å². The lowest BCUT2D eigenvalue weighted by Crippen LogP contribution is -2.39. The maximum atomic E-state index is 13.9. The normalized spacial score (nSPS) is 14.8. The molecule has 0 saturated heterocycles. The van der Waals surface area contributed by atoms with Crippen LogP contribution in [0.4, 0.5) is 0 Å². The van der Waals surface area contributed by atoms with E-state index in [2.05, 4.69) is 20.9 Å². The van der Waals surface area contributed by atoms with Crippen molar-refractivity contribution in [2.75, 3.05) is 20.8 Å². The summed E-state index contributed by atoms with van der Waals surface area (Å²) in [5, 5.41) is 0. The van der Waals surface area contributed by atoms with Crippen molar-refractivity contribution in [3.05, 3.63) is 106 Å². The maximum Gasteiger partial charge on any atom is 0.338 e. The summed E-state index contributed by atoms with van der Waals surface area (Å²) >= 11 is 4.73. The summed E-state index contributed by atoms with van der Waals surface area (Å²) in [6.07, 6.45) is 1.66. The number of benzene rings is 2. The van der Waals surface area contributed by atoms with E-state index in [9.17, 15) is 14.4 Å². The number of thiazole rings is 1. The summed E-state index contributed by atoms with van der Waals surface area (Å²) in [7, 11) is 2.90. The van der Waals surface area contributed by atoms with Gasteiger partial charge in [-0.3, -0.25) is 9.36 Å². The molecule has 1 atom stereocenters. The van der Waals surface area contributed by atoms with Crippen LogP contribution in [0.5, 0.6) is 5.75 Å². The van der Waals surface area contributed by atoms with Crippen molar-refractivity contribution >= 4 is 45.3 Å². The first-order chi connectivity index (χ1) is 20.2. The average Bonchev–Trinajstić information content (AvgIpc) is 3.55. The predicted molar refractivity (Wildman–Crippen MR) is 161 cm³/mol. The van der Waals surface area contributed by atoms with Gasteiger partial charge in [0.05, 0.1) is 52.7 Å². The topological polar surface area (TPSA) is 109 Å². The Kier molecular flexibility index (Phi) is 8.33. The Bertz CT molecular complexity index is 1930. The zero-order valence-corrected chi connectivity index (χ0v) is 25.9. The molecular weight excluding hydrogens is 624 g/mol. The molecule has 9 nitrogen and oxygen atoms in total. The third kappa shape index (κ3) is 5.37. The van der Waals surface area contributed by atoms with Crippen molar-refractivity contribution in [1.29, 1.82) is 0 Å². The van der Waals surface area contributed by atoms with Gasteiger partial charge in [0.2, 0.25) is 0 Å². The third-order valence-corrected chi connectivity index (χ3v) is 8.42. The number of esters is 2. The van der Waals surface area contributed by atoms with Crippen LogP contribution in [0.1, 0.15) is 47.1 Å². The van der Waals surface area contributed by atoms with E-state index in [1.54, 1.807) is 57.4 Å². The number of carbonyl (C=O) groups excluding carboxylic acids is 2. The van der Waals surface area contributed by atoms with Gasteiger partial charge in [-0.15, -0.1) is 0 Å². The van der Waals surface area contributed by atoms with Crippen LogP contribution < -0.4 is 19.6 Å². The third-order valence-electron chi connectivity index (χ3n) is 6.82. The lowest BCUT2D eigenvalue weighted by Gasteiger charge is -2.25. The molecule has 5 rings (SSSR count). The molecule has 0 amide bonds. The Hall–Kier alpha value is -4.22. The van der Waals surface area contributed by atoms with Crippen LogP contribution in [0.2, 0.25) is 0 Å². The maximum absolute atomic E-state index is 13.9. The Labute approximate surface area is 253 Å². The highest BCUT2D eigenvalue weighted by atomic mass is 79.9. The number of methoxy groups -OCH3 is 2. The summed E-state index contributed by atoms with van der Waals surface area (Å²) in [5.74, 6) is 0.727. The van der Waals surface area contributed by atoms with E-state index in [1.807, 2.05) is 25.1 Å². The van der Waals surface area contributed by atoms with Crippen molar-refractivity contribution in [2.24, 2.45) is 4.99 Å². The molecule has 0 bridgehead atoms. The van der Waals surface area contributed by atoms with Gasteiger partial charge < -0.3 is 18.6 Å². The predicted octanol–water partition coefficient (Wildman–Crippen LogP) is 4.92. The minimum absolute atomic E-state index is 0.185. The molecule has 11 heteroatoms. The number of ether oxygens (including phenoxy) is 3. The van der Waals surface area contributed by atoms with E-state index in [0.29, 0.717) is 53.5 Å². The molecule has 0 fully saturated rings. The molecule has 0 radical (unpaired) electrons. The summed E-state index contributed by atoms with van der Waals surface area (Å²) in [6.45, 7) is 5.53. The van der Waals surface area contributed by atoms with Crippen LogP contribution in [0.3, 0.4) is 0 Å². The highest BCUT2D eigenvalue weighted by Gasteiger charge is 2.33. The molecule has 1 aliphatic heterocycles. The van der Waals surface area contributed by atoms with Gasteiger partial charge in [0, 0.05) is 11.6 Å². The fourth-order valence-electron chi connectivity index (χ4n) is 4.85. The Morgan fingerprint density at radius 1 is 1.10 bits per heavy atom. The van der Waals surface area contributed by atoms with Crippen molar-refractivity contribution < 1.29 is 28.2 Å². The molecule has 3 heterocycles. The second kappa shape index (κ2) is 11.9. The molecule has 0 aliphatic carbocycles. The molecule has 0 spiro atoms. The van der Waals surface area contributed by atoms with Crippen molar-refractivity contribution in [3.8, 4) is 17.1 Å². The second-order valence-corrected chi connectivity index (χ2v) is 11.3. The average molecular weight is 652 g/mol. The second-order valence-electron chi connectivity index (χ2n) is 9.42. The van der Waals surface area contributed by atoms with Gasteiger partial charge in [0.1, 0.15) is 17.3 Å². The molecule has 216 valence electrons. The quantitative estimate of drug-likeness (QED) is 0.261. The Balaban J connectivity index is 1.60. The van der Waals surface area contributed by atoms with Crippen LogP contribution in [0.15, 0.2) is 78.5 Å². The molecule has 0 N–H and O–H groups in total. The zero-order valence-electron chi connectivity index (χ0n) is 23.5. The first-order valence-electron chi connectivity index (χ1n) is 13.0. The highest BCUT2D eigenvalue weighted by Crippen LogP contribution is 2.35. The van der Waals surface area contributed by atoms with Crippen molar-refractivity contribution in [3.63, 3.8) is 0 Å². The first-order valence-corrected chi connectivity index (χ1v) is 14.6. The van der Waals surface area contributed by atoms with E-state index in [4.69, 9.17) is 18.6 Å². The van der Waals surface area contributed by atoms with Crippen LogP contribution in [-0.2, 0) is 14.3 Å². The standard InChI is InChI=1S/C31H27BrN2O7S/c1-6-40-30(37)26-17(3)33-31-34(27(26)18-8-11-24(38-4)22(32)14-18)28(35)25(42-31)15-20-9-12-23(41-20)21-10-7-19(13-16(21)2)29(36)39-5/h7-15,27H,6H2,1-5H3/b25-15+/t27-/m1/s1. The molecular formula is C31H27BrN2O7S. The Morgan fingerprint density at radius 2 is 1.88 bits per heavy atom. The summed E-state index contributed by atoms with van der Waals surface area (Å²) in [6, 6.07) is 13.5. The SMILES string of the molecule is CCOC(=O)C1=C(C)N=c2s/c(=C/c3ccc(-c4ccc(C(=O)OC)cc4C)o3)c(=O)n2[C@@H]1c1ccc(OC)c(Br)c1. The molecule has 2 aromatic heterocycles. The van der Waals surface area contributed by atoms with Gasteiger partial charge in [-0.1, -0.05) is 23.5 Å². The van der Waals surface area contributed by atoms with Gasteiger partial charge in [-0.25, -0.2) is 14.6 Å². The first kappa shape index (κ1) is 29.3. The number of aryl methyl sites for hydroxylation is 1. The summed E-state index contributed by atoms with van der Waals surface area (Å²) < 4.78 is 24.2. The van der Waals surface area contributed by atoms with Crippen LogP contribution in [0.25, 0.3) is 17.4 Å².